The zero-order chi connectivity index (χ0) is 12.5. The highest BCUT2D eigenvalue weighted by Crippen LogP contribution is 2.23. The minimum atomic E-state index is -3.45. The molecular formula is C10H17N3O3S. The predicted octanol–water partition coefficient (Wildman–Crippen LogP) is 0.598. The van der Waals surface area contributed by atoms with Gasteiger partial charge in [-0.15, -0.1) is 0 Å². The van der Waals surface area contributed by atoms with Crippen molar-refractivity contribution >= 4 is 10.0 Å². The maximum Gasteiger partial charge on any atom is 0.246 e. The molecule has 0 aliphatic carbocycles. The molecule has 2 unspecified atom stereocenters. The van der Waals surface area contributed by atoms with Gasteiger partial charge in [0.1, 0.15) is 4.90 Å². The van der Waals surface area contributed by atoms with Gasteiger partial charge in [-0.2, -0.15) is 9.40 Å². The summed E-state index contributed by atoms with van der Waals surface area (Å²) >= 11 is 0. The van der Waals surface area contributed by atoms with Crippen molar-refractivity contribution in [3.63, 3.8) is 0 Å². The molecule has 0 amide bonds. The van der Waals surface area contributed by atoms with Crippen LogP contribution in [0.3, 0.4) is 0 Å². The van der Waals surface area contributed by atoms with E-state index in [2.05, 4.69) is 10.2 Å². The van der Waals surface area contributed by atoms with E-state index in [-0.39, 0.29) is 17.0 Å². The molecule has 1 aromatic rings. The molecule has 7 heteroatoms. The van der Waals surface area contributed by atoms with Gasteiger partial charge in [0.25, 0.3) is 0 Å². The fourth-order valence-electron chi connectivity index (χ4n) is 1.95. The molecule has 0 radical (unpaired) electrons. The van der Waals surface area contributed by atoms with Crippen LogP contribution in [0.4, 0.5) is 0 Å². The number of nitrogens with zero attached hydrogens (tertiary/aromatic N) is 2. The van der Waals surface area contributed by atoms with Crippen LogP contribution in [0, 0.1) is 0 Å². The van der Waals surface area contributed by atoms with E-state index in [1.165, 1.54) is 16.7 Å². The third-order valence-electron chi connectivity index (χ3n) is 2.97. The molecule has 0 spiro atoms. The summed E-state index contributed by atoms with van der Waals surface area (Å²) in [5, 5.41) is 6.22. The zero-order valence-corrected chi connectivity index (χ0v) is 10.8. The van der Waals surface area contributed by atoms with E-state index < -0.39 is 10.0 Å². The number of aromatic nitrogens is 2. The van der Waals surface area contributed by atoms with Crippen molar-refractivity contribution in [2.45, 2.75) is 37.3 Å². The molecule has 2 heterocycles. The molecular weight excluding hydrogens is 242 g/mol. The molecule has 96 valence electrons. The van der Waals surface area contributed by atoms with Crippen LogP contribution in [-0.4, -0.2) is 48.2 Å². The van der Waals surface area contributed by atoms with Crippen LogP contribution in [0.25, 0.3) is 0 Å². The lowest BCUT2D eigenvalue weighted by molar-refractivity contribution is -0.0230. The van der Waals surface area contributed by atoms with Crippen LogP contribution >= 0.6 is 0 Å². The lowest BCUT2D eigenvalue weighted by Crippen LogP contribution is -2.51. The van der Waals surface area contributed by atoms with Crippen molar-refractivity contribution in [3.05, 3.63) is 12.4 Å². The SMILES string of the molecule is CCC1COC(C)CN1S(=O)(=O)c1cn[nH]c1. The normalized spacial score (nSPS) is 27.2. The molecule has 2 atom stereocenters. The summed E-state index contributed by atoms with van der Waals surface area (Å²) in [6.07, 6.45) is 3.41. The lowest BCUT2D eigenvalue weighted by atomic mass is 10.2. The number of aromatic amines is 1. The first kappa shape index (κ1) is 12.5. The summed E-state index contributed by atoms with van der Waals surface area (Å²) in [6, 6.07) is -0.0916. The standard InChI is InChI=1S/C10H17N3O3S/c1-3-9-7-16-8(2)6-13(9)17(14,15)10-4-11-12-5-10/h4-5,8-9H,3,6-7H2,1-2H3,(H,11,12). The Kier molecular flexibility index (Phi) is 3.50. The van der Waals surface area contributed by atoms with Gasteiger partial charge in [-0.25, -0.2) is 8.42 Å². The second-order valence-corrected chi connectivity index (χ2v) is 6.11. The number of ether oxygens (including phenoxy) is 1. The van der Waals surface area contributed by atoms with Crippen LogP contribution < -0.4 is 0 Å². The number of H-pyrrole nitrogens is 1. The smallest absolute Gasteiger partial charge is 0.246 e. The molecule has 0 saturated carbocycles. The van der Waals surface area contributed by atoms with E-state index >= 15 is 0 Å². The topological polar surface area (TPSA) is 75.3 Å². The number of hydrogen-bond acceptors (Lipinski definition) is 4. The molecule has 0 bridgehead atoms. The average Bonchev–Trinajstić information content (AvgIpc) is 2.83. The van der Waals surface area contributed by atoms with E-state index in [0.29, 0.717) is 13.2 Å². The van der Waals surface area contributed by atoms with Gasteiger partial charge in [-0.05, 0) is 13.3 Å². The van der Waals surface area contributed by atoms with Gasteiger partial charge in [-0.3, -0.25) is 5.10 Å². The second-order valence-electron chi connectivity index (χ2n) is 4.21. The summed E-state index contributed by atoms with van der Waals surface area (Å²) in [5.74, 6) is 0. The quantitative estimate of drug-likeness (QED) is 0.862. The zero-order valence-electron chi connectivity index (χ0n) is 9.96. The molecule has 1 saturated heterocycles. The summed E-state index contributed by atoms with van der Waals surface area (Å²) in [4.78, 5) is 0.213. The third kappa shape index (κ3) is 2.36. The average molecular weight is 259 g/mol. The Labute approximate surface area is 101 Å². The molecule has 17 heavy (non-hydrogen) atoms. The third-order valence-corrected chi connectivity index (χ3v) is 4.85. The first-order valence-corrected chi connectivity index (χ1v) is 7.12. The van der Waals surface area contributed by atoms with Gasteiger partial charge in [0.05, 0.1) is 18.9 Å². The highest BCUT2D eigenvalue weighted by Gasteiger charge is 2.35. The Morgan fingerprint density at radius 1 is 1.65 bits per heavy atom. The first-order valence-electron chi connectivity index (χ1n) is 5.68. The fourth-order valence-corrected chi connectivity index (χ4v) is 3.61. The van der Waals surface area contributed by atoms with Gasteiger partial charge in [0.2, 0.25) is 10.0 Å². The Bertz CT molecular complexity index is 457. The lowest BCUT2D eigenvalue weighted by Gasteiger charge is -2.36. The molecule has 6 nitrogen and oxygen atoms in total. The van der Waals surface area contributed by atoms with Gasteiger partial charge in [-0.1, -0.05) is 6.92 Å². The summed E-state index contributed by atoms with van der Waals surface area (Å²) in [6.45, 7) is 4.69. The Morgan fingerprint density at radius 3 is 3.00 bits per heavy atom. The van der Waals surface area contributed by atoms with Crippen molar-refractivity contribution in [3.8, 4) is 0 Å². The maximum atomic E-state index is 12.4. The van der Waals surface area contributed by atoms with Gasteiger partial charge in [0.15, 0.2) is 0 Å². The van der Waals surface area contributed by atoms with Crippen LogP contribution in [0.2, 0.25) is 0 Å². The molecule has 1 fully saturated rings. The minimum absolute atomic E-state index is 0.0699. The van der Waals surface area contributed by atoms with Crippen LogP contribution in [0.15, 0.2) is 17.3 Å². The Balaban J connectivity index is 2.30. The van der Waals surface area contributed by atoms with Gasteiger partial charge in [0, 0.05) is 18.8 Å². The van der Waals surface area contributed by atoms with Crippen molar-refractivity contribution in [1.29, 1.82) is 0 Å². The van der Waals surface area contributed by atoms with Crippen LogP contribution in [0.1, 0.15) is 20.3 Å². The monoisotopic (exact) mass is 259 g/mol. The molecule has 1 N–H and O–H groups in total. The summed E-state index contributed by atoms with van der Waals surface area (Å²) < 4.78 is 31.8. The number of rotatable bonds is 3. The molecule has 1 aliphatic rings. The van der Waals surface area contributed by atoms with E-state index in [4.69, 9.17) is 4.74 Å². The van der Waals surface area contributed by atoms with Gasteiger partial charge >= 0.3 is 0 Å². The van der Waals surface area contributed by atoms with Crippen LogP contribution in [-0.2, 0) is 14.8 Å². The highest BCUT2D eigenvalue weighted by atomic mass is 32.2. The number of nitrogens with one attached hydrogen (secondary N) is 1. The molecule has 0 aromatic carbocycles. The summed E-state index contributed by atoms with van der Waals surface area (Å²) in [5.41, 5.74) is 0. The molecule has 2 rings (SSSR count). The van der Waals surface area contributed by atoms with E-state index in [1.807, 2.05) is 13.8 Å². The van der Waals surface area contributed by atoms with E-state index in [9.17, 15) is 8.42 Å². The minimum Gasteiger partial charge on any atom is -0.375 e. The van der Waals surface area contributed by atoms with Crippen LogP contribution in [0.5, 0.6) is 0 Å². The summed E-state index contributed by atoms with van der Waals surface area (Å²) in [7, 11) is -3.45. The van der Waals surface area contributed by atoms with Crippen molar-refractivity contribution in [2.75, 3.05) is 13.2 Å². The number of sulfonamides is 1. The number of morpholine rings is 1. The molecule has 1 aromatic heterocycles. The fraction of sp³-hybridized carbons (Fsp3) is 0.700. The van der Waals surface area contributed by atoms with Crippen molar-refractivity contribution in [2.24, 2.45) is 0 Å². The Hall–Kier alpha value is -0.920. The van der Waals surface area contributed by atoms with Gasteiger partial charge < -0.3 is 4.74 Å². The largest absolute Gasteiger partial charge is 0.375 e. The maximum absolute atomic E-state index is 12.4. The number of hydrogen-bond donors (Lipinski definition) is 1. The molecule has 1 aliphatic heterocycles. The highest BCUT2D eigenvalue weighted by molar-refractivity contribution is 7.89. The predicted molar refractivity (Wildman–Crippen MR) is 62.0 cm³/mol. The van der Waals surface area contributed by atoms with E-state index in [1.54, 1.807) is 0 Å². The van der Waals surface area contributed by atoms with E-state index in [0.717, 1.165) is 6.42 Å². The van der Waals surface area contributed by atoms with Crippen molar-refractivity contribution < 1.29 is 13.2 Å². The van der Waals surface area contributed by atoms with Crippen molar-refractivity contribution in [1.82, 2.24) is 14.5 Å². The second kappa shape index (κ2) is 4.75. The first-order chi connectivity index (χ1) is 8.05. The Morgan fingerprint density at radius 2 is 2.41 bits per heavy atom.